The minimum absolute atomic E-state index is 0.117. The molecule has 0 saturated heterocycles. The zero-order valence-corrected chi connectivity index (χ0v) is 26.9. The summed E-state index contributed by atoms with van der Waals surface area (Å²) in [5.74, 6) is -1.32. The number of nitrogens with zero attached hydrogens (tertiary/aromatic N) is 3. The number of aliphatic hydroxyl groups is 1. The number of halogens is 3. The summed E-state index contributed by atoms with van der Waals surface area (Å²) >= 11 is 2.10. The molecule has 0 amide bonds. The van der Waals surface area contributed by atoms with Crippen LogP contribution in [0.4, 0.5) is 8.78 Å². The fourth-order valence-corrected chi connectivity index (χ4v) is 6.49. The van der Waals surface area contributed by atoms with Crippen LogP contribution in [-0.2, 0) is 22.6 Å². The van der Waals surface area contributed by atoms with E-state index in [4.69, 9.17) is 14.6 Å². The Morgan fingerprint density at radius 1 is 1.14 bits per heavy atom. The van der Waals surface area contributed by atoms with Gasteiger partial charge in [0.15, 0.2) is 11.6 Å². The highest BCUT2D eigenvalue weighted by Crippen LogP contribution is 2.38. The first-order valence-electron chi connectivity index (χ1n) is 14.0. The van der Waals surface area contributed by atoms with Crippen molar-refractivity contribution in [3.05, 3.63) is 114 Å². The lowest BCUT2D eigenvalue weighted by Crippen LogP contribution is -2.11. The van der Waals surface area contributed by atoms with E-state index in [0.717, 1.165) is 11.1 Å². The predicted molar refractivity (Wildman–Crippen MR) is 177 cm³/mol. The van der Waals surface area contributed by atoms with Crippen LogP contribution in [0.25, 0.3) is 22.2 Å². The number of aliphatic hydroxyl groups excluding tert-OH is 1. The third-order valence-corrected chi connectivity index (χ3v) is 8.95. The predicted octanol–water partition coefficient (Wildman–Crippen LogP) is 8.58. The van der Waals surface area contributed by atoms with Crippen LogP contribution in [-0.4, -0.2) is 31.4 Å². The van der Waals surface area contributed by atoms with Crippen LogP contribution >= 0.6 is 30.3 Å². The number of esters is 1. The lowest BCUT2D eigenvalue weighted by Gasteiger charge is -2.18. The molecule has 11 heteroatoms. The fourth-order valence-electron chi connectivity index (χ4n) is 5.13. The van der Waals surface area contributed by atoms with Gasteiger partial charge in [-0.1, -0.05) is 30.3 Å². The molecular weight excluding hydrogens is 699 g/mol. The number of hydrogen-bond acceptors (Lipinski definition) is 6. The highest BCUT2D eigenvalue weighted by atomic mass is 127. The standard InChI is InChI=1S/C33H30F2IN3O4S/c1-3-6-30(22-8-5-7-21(17-22)9-12-32(41)42-4-2)38-15-14-29(37-38)25-18-23(10-11-27(25)34)43-33-26(20-40)24-13-16-39(44-36)31(24)19-28(33)35/h3,5,7-8,10-11,13-19,30,40H,1,4,6,9,12,20H2,2H3. The molecule has 44 heavy (non-hydrogen) atoms. The van der Waals surface area contributed by atoms with Crippen molar-refractivity contribution < 1.29 is 28.2 Å². The molecule has 1 N–H and O–H groups in total. The van der Waals surface area contributed by atoms with E-state index in [1.807, 2.05) is 24.3 Å². The van der Waals surface area contributed by atoms with Crippen molar-refractivity contribution in [2.75, 3.05) is 6.61 Å². The minimum Gasteiger partial charge on any atom is -0.466 e. The molecule has 0 spiro atoms. The van der Waals surface area contributed by atoms with Crippen molar-refractivity contribution in [1.29, 1.82) is 0 Å². The third-order valence-electron chi connectivity index (χ3n) is 7.21. The number of carbonyl (C=O) groups excluding carboxylic acids is 1. The molecule has 0 bridgehead atoms. The molecule has 0 aliphatic carbocycles. The summed E-state index contributed by atoms with van der Waals surface area (Å²) in [6, 6.07) is 16.7. The topological polar surface area (TPSA) is 78.5 Å². The number of aryl methyl sites for hydroxylation is 1. The summed E-state index contributed by atoms with van der Waals surface area (Å²) in [6.07, 6.45) is 6.76. The summed E-state index contributed by atoms with van der Waals surface area (Å²) in [4.78, 5) is 11.8. The van der Waals surface area contributed by atoms with Crippen molar-refractivity contribution in [2.45, 2.75) is 38.8 Å². The molecule has 7 nitrogen and oxygen atoms in total. The highest BCUT2D eigenvalue weighted by molar-refractivity contribution is 14.2. The van der Waals surface area contributed by atoms with Gasteiger partial charge in [-0.3, -0.25) is 13.4 Å². The van der Waals surface area contributed by atoms with Gasteiger partial charge in [-0.25, -0.2) is 8.78 Å². The van der Waals surface area contributed by atoms with Gasteiger partial charge in [0.2, 0.25) is 0 Å². The van der Waals surface area contributed by atoms with Gasteiger partial charge in [0, 0.05) is 71.7 Å². The van der Waals surface area contributed by atoms with E-state index in [1.165, 1.54) is 33.4 Å². The first kappa shape index (κ1) is 31.7. The van der Waals surface area contributed by atoms with Crippen LogP contribution in [0, 0.1) is 11.6 Å². The average molecular weight is 730 g/mol. The molecule has 5 rings (SSSR count). The van der Waals surface area contributed by atoms with Gasteiger partial charge in [-0.15, -0.1) is 6.58 Å². The molecule has 2 aromatic heterocycles. The Balaban J connectivity index is 1.42. The van der Waals surface area contributed by atoms with Crippen molar-refractivity contribution in [3.8, 4) is 22.8 Å². The first-order valence-corrected chi connectivity index (χ1v) is 17.3. The Morgan fingerprint density at radius 3 is 2.73 bits per heavy atom. The quantitative estimate of drug-likeness (QED) is 0.0744. The smallest absolute Gasteiger partial charge is 0.306 e. The van der Waals surface area contributed by atoms with Crippen LogP contribution in [0.1, 0.15) is 42.5 Å². The second-order valence-corrected chi connectivity index (χ2v) is 11.7. The normalized spacial score (nSPS) is 11.9. The zero-order chi connectivity index (χ0) is 31.2. The van der Waals surface area contributed by atoms with E-state index >= 15 is 8.78 Å². The van der Waals surface area contributed by atoms with Crippen molar-refractivity contribution in [3.63, 3.8) is 0 Å². The minimum atomic E-state index is -0.640. The van der Waals surface area contributed by atoms with Gasteiger partial charge in [-0.2, -0.15) is 5.10 Å². The van der Waals surface area contributed by atoms with Gasteiger partial charge in [0.05, 0.1) is 30.5 Å². The lowest BCUT2D eigenvalue weighted by atomic mass is 9.99. The molecule has 0 saturated carbocycles. The average Bonchev–Trinajstić information content (AvgIpc) is 3.67. The second-order valence-electron chi connectivity index (χ2n) is 9.98. The Kier molecular flexibility index (Phi) is 10.4. The maximum atomic E-state index is 15.2. The summed E-state index contributed by atoms with van der Waals surface area (Å²) in [7, 11) is 1.38. The maximum Gasteiger partial charge on any atom is 0.306 e. The number of allylic oxidation sites excluding steroid dienone is 1. The Labute approximate surface area is 270 Å². The number of ether oxygens (including phenoxy) is 2. The Bertz CT molecular complexity index is 1810. The molecule has 3 aromatic carbocycles. The van der Waals surface area contributed by atoms with Gasteiger partial charge in [0.25, 0.3) is 0 Å². The highest BCUT2D eigenvalue weighted by Gasteiger charge is 2.20. The molecule has 2 heterocycles. The third kappa shape index (κ3) is 6.84. The SMILES string of the molecule is C=CCC(c1cccc(CCC(=O)OCC)c1)n1ccc(-c2cc(Oc3c(F)cc4c(ccn4SI)c3CO)ccc2F)n1. The maximum absolute atomic E-state index is 15.2. The summed E-state index contributed by atoms with van der Waals surface area (Å²) in [6.45, 7) is 5.59. The van der Waals surface area contributed by atoms with E-state index in [2.05, 4.69) is 27.8 Å². The molecular formula is C33H30F2IN3O4S. The molecule has 5 aromatic rings. The van der Waals surface area contributed by atoms with Crippen LogP contribution in [0.3, 0.4) is 0 Å². The lowest BCUT2D eigenvalue weighted by molar-refractivity contribution is -0.143. The summed E-state index contributed by atoms with van der Waals surface area (Å²) in [5, 5.41) is 15.5. The molecule has 0 aliphatic heterocycles. The summed E-state index contributed by atoms with van der Waals surface area (Å²) in [5.41, 5.74) is 3.43. The Hall–Kier alpha value is -3.68. The molecule has 228 valence electrons. The van der Waals surface area contributed by atoms with Gasteiger partial charge in [0.1, 0.15) is 11.6 Å². The van der Waals surface area contributed by atoms with E-state index in [1.54, 1.807) is 46.2 Å². The molecule has 0 fully saturated rings. The van der Waals surface area contributed by atoms with Gasteiger partial charge in [-0.05, 0) is 61.2 Å². The van der Waals surface area contributed by atoms with Crippen LogP contribution in [0.2, 0.25) is 0 Å². The molecule has 1 unspecified atom stereocenters. The van der Waals surface area contributed by atoms with E-state index in [-0.39, 0.29) is 35.5 Å². The number of rotatable bonds is 13. The van der Waals surface area contributed by atoms with E-state index in [9.17, 15) is 9.90 Å². The number of fused-ring (bicyclic) bond motifs is 1. The summed E-state index contributed by atoms with van der Waals surface area (Å²) < 4.78 is 44.9. The monoisotopic (exact) mass is 729 g/mol. The van der Waals surface area contributed by atoms with Crippen LogP contribution in [0.5, 0.6) is 11.5 Å². The van der Waals surface area contributed by atoms with Gasteiger partial charge < -0.3 is 14.6 Å². The molecule has 0 radical (unpaired) electrons. The van der Waals surface area contributed by atoms with Crippen LogP contribution < -0.4 is 4.74 Å². The van der Waals surface area contributed by atoms with Crippen LogP contribution in [0.15, 0.2) is 85.7 Å². The van der Waals surface area contributed by atoms with E-state index in [0.29, 0.717) is 41.6 Å². The fraction of sp³-hybridized carbons (Fsp3) is 0.212. The first-order chi connectivity index (χ1) is 21.4. The second kappa shape index (κ2) is 14.4. The van der Waals surface area contributed by atoms with Gasteiger partial charge >= 0.3 is 5.97 Å². The number of aromatic nitrogens is 3. The zero-order valence-electron chi connectivity index (χ0n) is 23.9. The Morgan fingerprint density at radius 2 is 1.98 bits per heavy atom. The molecule has 1 atom stereocenters. The molecule has 0 aliphatic rings. The number of hydrogen-bond donors (Lipinski definition) is 1. The van der Waals surface area contributed by atoms with Crippen molar-refractivity contribution in [1.82, 2.24) is 13.8 Å². The number of benzene rings is 3. The van der Waals surface area contributed by atoms with Crippen molar-refractivity contribution >= 4 is 47.2 Å². The number of carbonyl (C=O) groups is 1. The van der Waals surface area contributed by atoms with Crippen molar-refractivity contribution in [2.24, 2.45) is 0 Å². The van der Waals surface area contributed by atoms with E-state index < -0.39 is 18.2 Å². The largest absolute Gasteiger partial charge is 0.466 e.